The zero-order valence-electron chi connectivity index (χ0n) is 32.5. The molecule has 5 aliphatic rings. The van der Waals surface area contributed by atoms with E-state index in [2.05, 4.69) is 24.0 Å². The maximum Gasteiger partial charge on any atom is 0.453 e. The largest absolute Gasteiger partial charge is 0.616 e. The fourth-order valence-corrected chi connectivity index (χ4v) is 11.9. The number of hydrogen-bond donors (Lipinski definition) is 0. The van der Waals surface area contributed by atoms with E-state index < -0.39 is 36.1 Å². The van der Waals surface area contributed by atoms with Crippen molar-refractivity contribution in [2.24, 2.45) is 23.2 Å². The van der Waals surface area contributed by atoms with Crippen LogP contribution in [0.2, 0.25) is 0 Å². The highest BCUT2D eigenvalue weighted by atomic mass is 32.2. The van der Waals surface area contributed by atoms with Gasteiger partial charge in [-0.1, -0.05) is 56.3 Å². The number of halogens is 5. The molecule has 2 saturated heterocycles. The first-order valence-corrected chi connectivity index (χ1v) is 22.5. The number of alkyl halides is 5. The van der Waals surface area contributed by atoms with E-state index in [0.29, 0.717) is 72.9 Å². The van der Waals surface area contributed by atoms with Crippen molar-refractivity contribution in [1.82, 2.24) is 9.80 Å². The number of Topliss-reactive ketones (excluding diaryl/α,β-unsaturated/α-hetero) is 1. The number of piperidine rings is 1. The minimum atomic E-state index is -5.56. The summed E-state index contributed by atoms with van der Waals surface area (Å²) in [6, 6.07) is 6.76. The van der Waals surface area contributed by atoms with E-state index in [1.165, 1.54) is 11.1 Å². The van der Waals surface area contributed by atoms with Crippen LogP contribution in [0.4, 0.5) is 26.7 Å². The number of ether oxygens (including phenoxy) is 2. The van der Waals surface area contributed by atoms with Crippen LogP contribution in [0.15, 0.2) is 18.2 Å². The maximum atomic E-state index is 13.3. The molecule has 310 valence electrons. The first-order valence-electron chi connectivity index (χ1n) is 21.0. The van der Waals surface area contributed by atoms with Gasteiger partial charge in [0.25, 0.3) is 0 Å². The summed E-state index contributed by atoms with van der Waals surface area (Å²) in [5.74, 6) is -1.73. The fourth-order valence-electron chi connectivity index (χ4n) is 10.7. The molecule has 0 spiro atoms. The number of fused-ring (bicyclic) bond motifs is 5. The van der Waals surface area contributed by atoms with Crippen LogP contribution in [0, 0.1) is 23.2 Å². The summed E-state index contributed by atoms with van der Waals surface area (Å²) < 4.78 is 86.8. The molecule has 4 unspecified atom stereocenters. The Morgan fingerprint density at radius 2 is 1.60 bits per heavy atom. The third-order valence-corrected chi connectivity index (χ3v) is 15.3. The van der Waals surface area contributed by atoms with Gasteiger partial charge in [0, 0.05) is 50.5 Å². The van der Waals surface area contributed by atoms with Gasteiger partial charge < -0.3 is 18.9 Å². The van der Waals surface area contributed by atoms with Crippen LogP contribution < -0.4 is 4.74 Å². The van der Waals surface area contributed by atoms with Gasteiger partial charge in [-0.3, -0.25) is 9.69 Å². The van der Waals surface area contributed by atoms with Crippen molar-refractivity contribution in [3.05, 3.63) is 29.3 Å². The molecule has 6 atom stereocenters. The number of nitrogens with zero attached hydrogens (tertiary/aromatic N) is 2. The van der Waals surface area contributed by atoms with Gasteiger partial charge in [0.2, 0.25) is 0 Å². The Morgan fingerprint density at radius 1 is 0.927 bits per heavy atom. The van der Waals surface area contributed by atoms with Crippen molar-refractivity contribution in [1.29, 1.82) is 0 Å². The number of amides is 1. The molecule has 0 N–H and O–H groups in total. The molecule has 6 rings (SSSR count). The number of ketones is 1. The molecular weight excluding hydrogens is 740 g/mol. The topological polar surface area (TPSA) is 82.1 Å². The number of likely N-dealkylation sites (tertiary alicyclic amines) is 1. The van der Waals surface area contributed by atoms with Crippen molar-refractivity contribution in [2.45, 2.75) is 140 Å². The lowest BCUT2D eigenvalue weighted by atomic mass is 9.52. The van der Waals surface area contributed by atoms with Gasteiger partial charge in [-0.2, -0.15) is 22.0 Å². The molecule has 0 aromatic heterocycles. The van der Waals surface area contributed by atoms with Gasteiger partial charge in [0.05, 0.1) is 13.2 Å². The Morgan fingerprint density at radius 3 is 2.31 bits per heavy atom. The number of hydrogen-bond acceptors (Lipinski definition) is 6. The molecule has 1 aromatic carbocycles. The van der Waals surface area contributed by atoms with Crippen molar-refractivity contribution in [2.75, 3.05) is 50.9 Å². The van der Waals surface area contributed by atoms with Crippen LogP contribution in [0.3, 0.4) is 0 Å². The highest BCUT2D eigenvalue weighted by Gasteiger charge is 2.57. The SMILES string of the molecule is C[C@]12CCC3c4ccc(OC(=O)N5CCC(N6CCOCC6)CC5)cc4CC(CCCCCCCCC[S+]([O-])CCCC(F)(F)C(F)(F)F)C3[C@@H]1CCC2=O. The molecule has 0 bridgehead atoms. The molecule has 7 nitrogen and oxygen atoms in total. The van der Waals surface area contributed by atoms with E-state index in [-0.39, 0.29) is 17.3 Å². The van der Waals surface area contributed by atoms with E-state index in [1.54, 1.807) is 0 Å². The Kier molecular flexibility index (Phi) is 14.5. The average molecular weight is 801 g/mol. The number of rotatable bonds is 16. The molecule has 2 aliphatic heterocycles. The molecule has 0 radical (unpaired) electrons. The van der Waals surface area contributed by atoms with Gasteiger partial charge in [0.15, 0.2) is 0 Å². The second-order valence-corrected chi connectivity index (χ2v) is 18.9. The van der Waals surface area contributed by atoms with Crippen LogP contribution in [-0.4, -0.2) is 95.3 Å². The molecule has 13 heteroatoms. The lowest BCUT2D eigenvalue weighted by Crippen LogP contribution is -2.50. The number of carbonyl (C=O) groups is 2. The minimum Gasteiger partial charge on any atom is -0.616 e. The van der Waals surface area contributed by atoms with Gasteiger partial charge in [-0.25, -0.2) is 4.79 Å². The number of carbonyl (C=O) groups excluding carboxylic acids is 2. The monoisotopic (exact) mass is 800 g/mol. The molecular formula is C42H61F5N2O5S. The Labute approximate surface area is 327 Å². The Bertz CT molecular complexity index is 1440. The summed E-state index contributed by atoms with van der Waals surface area (Å²) >= 11 is -1.38. The molecule has 4 fully saturated rings. The van der Waals surface area contributed by atoms with Crippen molar-refractivity contribution >= 4 is 23.1 Å². The van der Waals surface area contributed by atoms with E-state index in [4.69, 9.17) is 9.47 Å². The first-order chi connectivity index (χ1) is 26.3. The lowest BCUT2D eigenvalue weighted by molar-refractivity contribution is -0.284. The molecule has 2 heterocycles. The number of benzene rings is 1. The molecule has 1 aromatic rings. The van der Waals surface area contributed by atoms with Crippen LogP contribution >= 0.6 is 0 Å². The smallest absolute Gasteiger partial charge is 0.453 e. The lowest BCUT2D eigenvalue weighted by Gasteiger charge is -2.51. The third-order valence-electron chi connectivity index (χ3n) is 13.8. The van der Waals surface area contributed by atoms with E-state index >= 15 is 0 Å². The van der Waals surface area contributed by atoms with Gasteiger partial charge in [-0.05, 0) is 111 Å². The maximum absolute atomic E-state index is 13.3. The number of unbranched alkanes of at least 4 members (excludes halogenated alkanes) is 6. The van der Waals surface area contributed by atoms with Crippen LogP contribution in [-0.2, 0) is 27.1 Å². The van der Waals surface area contributed by atoms with Crippen molar-refractivity contribution < 1.29 is 45.6 Å². The van der Waals surface area contributed by atoms with Crippen LogP contribution in [0.1, 0.15) is 127 Å². The Hall–Kier alpha value is -1.96. The summed E-state index contributed by atoms with van der Waals surface area (Å²) in [4.78, 5) is 30.8. The number of morpholine rings is 1. The highest BCUT2D eigenvalue weighted by Crippen LogP contribution is 2.61. The fraction of sp³-hybridized carbons (Fsp3) is 0.810. The van der Waals surface area contributed by atoms with Gasteiger partial charge >= 0.3 is 18.2 Å². The molecule has 1 amide bonds. The van der Waals surface area contributed by atoms with Gasteiger partial charge in [-0.15, -0.1) is 0 Å². The molecule has 55 heavy (non-hydrogen) atoms. The quantitative estimate of drug-likeness (QED) is 0.0942. The minimum absolute atomic E-state index is 0.130. The standard InChI is InChI=1S/C42H61F5N2O5S/c1-40-19-15-35-34-12-11-33(54-39(51)49-20-16-32(17-21-49)48-22-24-53-25-23-48)29-31(34)28-30(38(35)36(40)13-14-37(40)50)10-7-5-3-2-4-6-8-26-55(52)27-9-18-41(43,44)42(45,46)47/h11-12,29-30,32,35-36,38H,2-10,13-28H2,1H3/t30?,35?,36-,38?,40-,55?/m0/s1. The average Bonchev–Trinajstić information content (AvgIpc) is 3.47. The summed E-state index contributed by atoms with van der Waals surface area (Å²) in [6.07, 6.45) is 6.79. The summed E-state index contributed by atoms with van der Waals surface area (Å²) in [5.41, 5.74) is 2.43. The van der Waals surface area contributed by atoms with E-state index in [9.17, 15) is 36.1 Å². The summed E-state index contributed by atoms with van der Waals surface area (Å²) in [6.45, 7) is 7.06. The van der Waals surface area contributed by atoms with E-state index in [1.807, 2.05) is 11.0 Å². The predicted molar refractivity (Wildman–Crippen MR) is 203 cm³/mol. The second-order valence-electron chi connectivity index (χ2n) is 17.2. The second kappa shape index (κ2) is 18.7. The van der Waals surface area contributed by atoms with Crippen molar-refractivity contribution in [3.8, 4) is 5.75 Å². The normalized spacial score (nSPS) is 28.4. The summed E-state index contributed by atoms with van der Waals surface area (Å²) in [7, 11) is 0. The zero-order chi connectivity index (χ0) is 39.2. The third kappa shape index (κ3) is 10.4. The first kappa shape index (κ1) is 42.6. The zero-order valence-corrected chi connectivity index (χ0v) is 33.3. The van der Waals surface area contributed by atoms with Crippen molar-refractivity contribution in [3.63, 3.8) is 0 Å². The molecule has 3 aliphatic carbocycles. The Balaban J connectivity index is 0.960. The molecule has 2 saturated carbocycles. The highest BCUT2D eigenvalue weighted by molar-refractivity contribution is 7.91. The predicted octanol–water partition coefficient (Wildman–Crippen LogP) is 9.48. The summed E-state index contributed by atoms with van der Waals surface area (Å²) in [5, 5.41) is 0. The van der Waals surface area contributed by atoms with E-state index in [0.717, 1.165) is 110 Å². The van der Waals surface area contributed by atoms with Crippen LogP contribution in [0.25, 0.3) is 0 Å². The van der Waals surface area contributed by atoms with Crippen LogP contribution in [0.5, 0.6) is 5.75 Å². The van der Waals surface area contributed by atoms with Gasteiger partial charge in [0.1, 0.15) is 23.0 Å².